The number of carbonyl (C=O) groups excluding carboxylic acids is 1. The minimum atomic E-state index is -4.39. The van der Waals surface area contributed by atoms with Gasteiger partial charge in [-0.1, -0.05) is 18.2 Å². The Morgan fingerprint density at radius 2 is 1.78 bits per heavy atom. The van der Waals surface area contributed by atoms with Gasteiger partial charge in [-0.05, 0) is 61.4 Å². The van der Waals surface area contributed by atoms with Crippen LogP contribution in [0, 0.1) is 5.92 Å². The van der Waals surface area contributed by atoms with E-state index in [4.69, 9.17) is 5.11 Å². The Hall–Kier alpha value is -3.36. The Labute approximate surface area is 182 Å². The van der Waals surface area contributed by atoms with Gasteiger partial charge in [0.2, 0.25) is 0 Å². The summed E-state index contributed by atoms with van der Waals surface area (Å²) in [5.41, 5.74) is 1.73. The Balaban J connectivity index is 1.53. The van der Waals surface area contributed by atoms with Crippen molar-refractivity contribution in [1.82, 2.24) is 14.9 Å². The van der Waals surface area contributed by atoms with Crippen LogP contribution in [0.1, 0.15) is 52.7 Å². The quantitative estimate of drug-likeness (QED) is 0.613. The third-order valence-corrected chi connectivity index (χ3v) is 5.96. The van der Waals surface area contributed by atoms with Gasteiger partial charge >= 0.3 is 12.1 Å². The third-order valence-electron chi connectivity index (χ3n) is 5.96. The average Bonchev–Trinajstić information content (AvgIpc) is 3.19. The number of nitrogens with one attached hydrogen (secondary N) is 1. The van der Waals surface area contributed by atoms with Crippen LogP contribution in [0.15, 0.2) is 48.8 Å². The molecule has 0 bridgehead atoms. The van der Waals surface area contributed by atoms with E-state index in [1.165, 1.54) is 18.3 Å². The van der Waals surface area contributed by atoms with E-state index in [0.717, 1.165) is 17.7 Å². The second kappa shape index (κ2) is 8.64. The van der Waals surface area contributed by atoms with Gasteiger partial charge in [0, 0.05) is 12.2 Å². The SMILES string of the molecule is O=C(N[C@H]1CC[C@@H](C(=O)O)CC1)c1cnn2cccc(Cc3ccc(C(F)(F)F)cc3)c12. The molecule has 32 heavy (non-hydrogen) atoms. The summed E-state index contributed by atoms with van der Waals surface area (Å²) in [5.74, 6) is -1.46. The number of carboxylic acid groups (broad SMARTS) is 1. The van der Waals surface area contributed by atoms with Crippen LogP contribution < -0.4 is 5.32 Å². The number of carbonyl (C=O) groups is 2. The van der Waals surface area contributed by atoms with Gasteiger partial charge in [0.15, 0.2) is 0 Å². The summed E-state index contributed by atoms with van der Waals surface area (Å²) >= 11 is 0. The largest absolute Gasteiger partial charge is 0.481 e. The van der Waals surface area contributed by atoms with Gasteiger partial charge in [0.05, 0.1) is 28.8 Å². The molecule has 2 heterocycles. The first-order valence-electron chi connectivity index (χ1n) is 10.4. The molecule has 1 aliphatic rings. The summed E-state index contributed by atoms with van der Waals surface area (Å²) < 4.78 is 40.0. The molecule has 4 rings (SSSR count). The zero-order valence-corrected chi connectivity index (χ0v) is 17.1. The molecule has 9 heteroatoms. The lowest BCUT2D eigenvalue weighted by Gasteiger charge is -2.26. The molecule has 0 radical (unpaired) electrons. The zero-order chi connectivity index (χ0) is 22.9. The normalized spacial score (nSPS) is 19.1. The summed E-state index contributed by atoms with van der Waals surface area (Å²) in [5, 5.41) is 16.4. The van der Waals surface area contributed by atoms with Crippen molar-refractivity contribution in [3.05, 3.63) is 71.0 Å². The predicted molar refractivity (Wildman–Crippen MR) is 110 cm³/mol. The molecular weight excluding hydrogens is 423 g/mol. The molecule has 1 aliphatic carbocycles. The van der Waals surface area contributed by atoms with Crippen LogP contribution in [0.2, 0.25) is 0 Å². The number of alkyl halides is 3. The molecule has 0 atom stereocenters. The van der Waals surface area contributed by atoms with Gasteiger partial charge in [-0.15, -0.1) is 0 Å². The number of fused-ring (bicyclic) bond motifs is 1. The van der Waals surface area contributed by atoms with Gasteiger partial charge in [-0.2, -0.15) is 18.3 Å². The lowest BCUT2D eigenvalue weighted by atomic mass is 9.86. The van der Waals surface area contributed by atoms with Crippen molar-refractivity contribution in [2.24, 2.45) is 5.92 Å². The molecule has 0 spiro atoms. The first-order valence-corrected chi connectivity index (χ1v) is 10.4. The fourth-order valence-corrected chi connectivity index (χ4v) is 4.20. The monoisotopic (exact) mass is 445 g/mol. The highest BCUT2D eigenvalue weighted by molar-refractivity contribution is 6.01. The number of amides is 1. The van der Waals surface area contributed by atoms with Crippen molar-refractivity contribution in [3.8, 4) is 0 Å². The van der Waals surface area contributed by atoms with E-state index in [0.29, 0.717) is 48.7 Å². The van der Waals surface area contributed by atoms with Gasteiger partial charge in [-0.3, -0.25) is 9.59 Å². The maximum absolute atomic E-state index is 13.0. The number of aromatic nitrogens is 2. The highest BCUT2D eigenvalue weighted by Crippen LogP contribution is 2.30. The van der Waals surface area contributed by atoms with Crippen molar-refractivity contribution in [2.45, 2.75) is 44.3 Å². The van der Waals surface area contributed by atoms with Crippen molar-refractivity contribution >= 4 is 17.4 Å². The molecule has 1 fully saturated rings. The molecule has 1 saturated carbocycles. The zero-order valence-electron chi connectivity index (χ0n) is 17.1. The van der Waals surface area contributed by atoms with Crippen LogP contribution in [0.4, 0.5) is 13.2 Å². The first kappa shape index (κ1) is 21.9. The highest BCUT2D eigenvalue weighted by Gasteiger charge is 2.30. The fourth-order valence-electron chi connectivity index (χ4n) is 4.20. The Kier molecular flexibility index (Phi) is 5.90. The molecule has 1 aromatic carbocycles. The lowest BCUT2D eigenvalue weighted by Crippen LogP contribution is -2.38. The van der Waals surface area contributed by atoms with Gasteiger partial charge < -0.3 is 10.4 Å². The van der Waals surface area contributed by atoms with E-state index in [-0.39, 0.29) is 17.9 Å². The summed E-state index contributed by atoms with van der Waals surface area (Å²) in [6, 6.07) is 8.46. The molecule has 3 aromatic rings. The highest BCUT2D eigenvalue weighted by atomic mass is 19.4. The molecular formula is C23H22F3N3O3. The van der Waals surface area contributed by atoms with Crippen molar-refractivity contribution in [2.75, 3.05) is 0 Å². The van der Waals surface area contributed by atoms with E-state index in [9.17, 15) is 22.8 Å². The minimum Gasteiger partial charge on any atom is -0.481 e. The number of aliphatic carboxylic acids is 1. The van der Waals surface area contributed by atoms with Crippen LogP contribution >= 0.6 is 0 Å². The van der Waals surface area contributed by atoms with Crippen molar-refractivity contribution in [3.63, 3.8) is 0 Å². The van der Waals surface area contributed by atoms with Gasteiger partial charge in [0.25, 0.3) is 5.91 Å². The number of hydrogen-bond donors (Lipinski definition) is 2. The predicted octanol–water partition coefficient (Wildman–Crippen LogP) is 4.32. The van der Waals surface area contributed by atoms with Crippen LogP contribution in [-0.2, 0) is 17.4 Å². The molecule has 2 N–H and O–H groups in total. The van der Waals surface area contributed by atoms with Crippen LogP contribution in [0.5, 0.6) is 0 Å². The number of rotatable bonds is 5. The molecule has 6 nitrogen and oxygen atoms in total. The first-order chi connectivity index (χ1) is 15.2. The summed E-state index contributed by atoms with van der Waals surface area (Å²) in [7, 11) is 0. The van der Waals surface area contributed by atoms with Crippen LogP contribution in [-0.4, -0.2) is 32.6 Å². The van der Waals surface area contributed by atoms with E-state index < -0.39 is 17.7 Å². The van der Waals surface area contributed by atoms with Crippen molar-refractivity contribution in [1.29, 1.82) is 0 Å². The summed E-state index contributed by atoms with van der Waals surface area (Å²) in [4.78, 5) is 24.1. The summed E-state index contributed by atoms with van der Waals surface area (Å²) in [6.07, 6.45) is 1.38. The van der Waals surface area contributed by atoms with Crippen LogP contribution in [0.25, 0.3) is 5.52 Å². The standard InChI is InChI=1S/C23H22F3N3O3/c24-23(25,26)17-7-3-14(4-8-17)12-16-2-1-11-29-20(16)19(13-27-29)21(30)28-18-9-5-15(6-10-18)22(31)32/h1-4,7-8,11,13,15,18H,5-6,9-10,12H2,(H,28,30)(H,31,32)/t15-,18+. The smallest absolute Gasteiger partial charge is 0.416 e. The third kappa shape index (κ3) is 4.61. The average molecular weight is 445 g/mol. The minimum absolute atomic E-state index is 0.102. The van der Waals surface area contributed by atoms with Crippen molar-refractivity contribution < 1.29 is 27.9 Å². The topological polar surface area (TPSA) is 83.7 Å². The maximum Gasteiger partial charge on any atom is 0.416 e. The number of nitrogens with zero attached hydrogens (tertiary/aromatic N) is 2. The number of carboxylic acids is 1. The maximum atomic E-state index is 13.0. The number of benzene rings is 1. The van der Waals surface area contributed by atoms with Gasteiger partial charge in [-0.25, -0.2) is 4.52 Å². The lowest BCUT2D eigenvalue weighted by molar-refractivity contribution is -0.143. The number of halogens is 3. The second-order valence-electron chi connectivity index (χ2n) is 8.12. The molecule has 0 saturated heterocycles. The molecule has 2 aromatic heterocycles. The molecule has 0 aliphatic heterocycles. The number of hydrogen-bond acceptors (Lipinski definition) is 3. The molecule has 0 unspecified atom stereocenters. The van der Waals surface area contributed by atoms with E-state index in [1.54, 1.807) is 16.8 Å². The molecule has 1 amide bonds. The van der Waals surface area contributed by atoms with Crippen LogP contribution in [0.3, 0.4) is 0 Å². The van der Waals surface area contributed by atoms with E-state index in [2.05, 4.69) is 10.4 Å². The van der Waals surface area contributed by atoms with Gasteiger partial charge in [0.1, 0.15) is 0 Å². The Morgan fingerprint density at radius 1 is 1.09 bits per heavy atom. The Bertz CT molecular complexity index is 1130. The molecule has 168 valence electrons. The number of pyridine rings is 1. The fraction of sp³-hybridized carbons (Fsp3) is 0.348. The second-order valence-corrected chi connectivity index (χ2v) is 8.12. The summed E-state index contributed by atoms with van der Waals surface area (Å²) in [6.45, 7) is 0. The Morgan fingerprint density at radius 3 is 2.41 bits per heavy atom. The van der Waals surface area contributed by atoms with E-state index in [1.807, 2.05) is 6.07 Å². The van der Waals surface area contributed by atoms with E-state index >= 15 is 0 Å².